The molecular formula is C8H17NO. The standard InChI is InChI=1S/C8H17NO/c1-7-4-5-9(2)6-8(7)10-3/h7-8H,4-6H2,1-3H3/t7?,8-/m0/s1. The zero-order valence-corrected chi connectivity index (χ0v) is 7.13. The molecule has 1 rings (SSSR count). The summed E-state index contributed by atoms with van der Waals surface area (Å²) in [5.41, 5.74) is 0. The molecule has 0 aromatic heterocycles. The average molecular weight is 143 g/mol. The van der Waals surface area contributed by atoms with Crippen molar-refractivity contribution < 1.29 is 4.74 Å². The first-order valence-electron chi connectivity index (χ1n) is 3.95. The Kier molecular flexibility index (Phi) is 2.69. The third-order valence-corrected chi connectivity index (χ3v) is 2.40. The van der Waals surface area contributed by atoms with Crippen molar-refractivity contribution in [3.05, 3.63) is 0 Å². The molecule has 0 N–H and O–H groups in total. The van der Waals surface area contributed by atoms with Gasteiger partial charge in [0.05, 0.1) is 6.10 Å². The maximum atomic E-state index is 5.33. The molecule has 2 heteroatoms. The van der Waals surface area contributed by atoms with Gasteiger partial charge in [-0.1, -0.05) is 6.92 Å². The van der Waals surface area contributed by atoms with Crippen LogP contribution < -0.4 is 0 Å². The van der Waals surface area contributed by atoms with E-state index >= 15 is 0 Å². The molecule has 0 amide bonds. The smallest absolute Gasteiger partial charge is 0.0724 e. The van der Waals surface area contributed by atoms with Crippen molar-refractivity contribution in [2.24, 2.45) is 5.92 Å². The SMILES string of the molecule is CO[C@H]1CN(C)CCC1C. The Morgan fingerprint density at radius 1 is 1.50 bits per heavy atom. The Balaban J connectivity index is 2.38. The van der Waals surface area contributed by atoms with E-state index in [0.717, 1.165) is 12.5 Å². The maximum absolute atomic E-state index is 5.33. The molecule has 2 nitrogen and oxygen atoms in total. The van der Waals surface area contributed by atoms with Gasteiger partial charge in [0.1, 0.15) is 0 Å². The molecule has 1 fully saturated rings. The number of piperidine rings is 1. The Bertz CT molecular complexity index is 105. The van der Waals surface area contributed by atoms with Crippen LogP contribution in [-0.2, 0) is 4.74 Å². The molecule has 1 aliphatic heterocycles. The third kappa shape index (κ3) is 1.70. The zero-order chi connectivity index (χ0) is 7.56. The molecule has 1 aliphatic rings. The van der Waals surface area contributed by atoms with Gasteiger partial charge in [0.15, 0.2) is 0 Å². The lowest BCUT2D eigenvalue weighted by molar-refractivity contribution is 0.00324. The Hall–Kier alpha value is -0.0800. The van der Waals surface area contributed by atoms with Crippen molar-refractivity contribution in [1.29, 1.82) is 0 Å². The quantitative estimate of drug-likeness (QED) is 0.542. The van der Waals surface area contributed by atoms with Crippen LogP contribution in [0.15, 0.2) is 0 Å². The van der Waals surface area contributed by atoms with Crippen LogP contribution in [0.2, 0.25) is 0 Å². The van der Waals surface area contributed by atoms with Crippen molar-refractivity contribution in [1.82, 2.24) is 4.90 Å². The molecule has 0 saturated carbocycles. The molecule has 60 valence electrons. The van der Waals surface area contributed by atoms with Gasteiger partial charge in [-0.15, -0.1) is 0 Å². The molecule has 0 aromatic carbocycles. The molecule has 0 radical (unpaired) electrons. The number of hydrogen-bond donors (Lipinski definition) is 0. The Morgan fingerprint density at radius 3 is 2.70 bits per heavy atom. The average Bonchev–Trinajstić information content (AvgIpc) is 1.94. The minimum absolute atomic E-state index is 0.457. The van der Waals surface area contributed by atoms with Crippen molar-refractivity contribution in [3.63, 3.8) is 0 Å². The van der Waals surface area contributed by atoms with Crippen LogP contribution in [0.1, 0.15) is 13.3 Å². The molecule has 1 saturated heterocycles. The van der Waals surface area contributed by atoms with Gasteiger partial charge in [-0.05, 0) is 25.9 Å². The Morgan fingerprint density at radius 2 is 2.20 bits per heavy atom. The van der Waals surface area contributed by atoms with E-state index in [9.17, 15) is 0 Å². The van der Waals surface area contributed by atoms with Crippen molar-refractivity contribution in [2.75, 3.05) is 27.2 Å². The number of likely N-dealkylation sites (N-methyl/N-ethyl adjacent to an activating group) is 1. The highest BCUT2D eigenvalue weighted by molar-refractivity contribution is 4.76. The van der Waals surface area contributed by atoms with E-state index in [0.29, 0.717) is 6.10 Å². The number of likely N-dealkylation sites (tertiary alicyclic amines) is 1. The lowest BCUT2D eigenvalue weighted by Gasteiger charge is -2.33. The molecular weight excluding hydrogens is 126 g/mol. The van der Waals surface area contributed by atoms with Gasteiger partial charge in [0, 0.05) is 13.7 Å². The minimum atomic E-state index is 0.457. The highest BCUT2D eigenvalue weighted by Gasteiger charge is 2.23. The highest BCUT2D eigenvalue weighted by Crippen LogP contribution is 2.17. The maximum Gasteiger partial charge on any atom is 0.0724 e. The van der Waals surface area contributed by atoms with E-state index in [2.05, 4.69) is 18.9 Å². The fraction of sp³-hybridized carbons (Fsp3) is 1.00. The van der Waals surface area contributed by atoms with E-state index in [1.807, 2.05) is 0 Å². The fourth-order valence-corrected chi connectivity index (χ4v) is 1.50. The Labute approximate surface area is 63.2 Å². The second-order valence-electron chi connectivity index (χ2n) is 3.30. The topological polar surface area (TPSA) is 12.5 Å². The van der Waals surface area contributed by atoms with Gasteiger partial charge in [-0.25, -0.2) is 0 Å². The lowest BCUT2D eigenvalue weighted by atomic mass is 9.96. The molecule has 10 heavy (non-hydrogen) atoms. The summed E-state index contributed by atoms with van der Waals surface area (Å²) in [6.07, 6.45) is 1.73. The summed E-state index contributed by atoms with van der Waals surface area (Å²) in [6.45, 7) is 4.58. The monoisotopic (exact) mass is 143 g/mol. The highest BCUT2D eigenvalue weighted by atomic mass is 16.5. The largest absolute Gasteiger partial charge is 0.380 e. The van der Waals surface area contributed by atoms with E-state index in [4.69, 9.17) is 4.74 Å². The summed E-state index contributed by atoms with van der Waals surface area (Å²) in [5, 5.41) is 0. The van der Waals surface area contributed by atoms with Crippen LogP contribution in [-0.4, -0.2) is 38.3 Å². The number of hydrogen-bond acceptors (Lipinski definition) is 2. The first-order valence-corrected chi connectivity index (χ1v) is 3.95. The van der Waals surface area contributed by atoms with E-state index in [1.165, 1.54) is 13.0 Å². The van der Waals surface area contributed by atoms with Gasteiger partial charge in [0.2, 0.25) is 0 Å². The van der Waals surface area contributed by atoms with Gasteiger partial charge in [-0.2, -0.15) is 0 Å². The first kappa shape index (κ1) is 8.02. The van der Waals surface area contributed by atoms with E-state index < -0.39 is 0 Å². The second-order valence-corrected chi connectivity index (χ2v) is 3.30. The summed E-state index contributed by atoms with van der Waals surface area (Å²) in [4.78, 5) is 2.33. The molecule has 2 atom stereocenters. The fourth-order valence-electron chi connectivity index (χ4n) is 1.50. The van der Waals surface area contributed by atoms with E-state index in [1.54, 1.807) is 7.11 Å². The number of rotatable bonds is 1. The van der Waals surface area contributed by atoms with E-state index in [-0.39, 0.29) is 0 Å². The number of ether oxygens (including phenoxy) is 1. The third-order valence-electron chi connectivity index (χ3n) is 2.40. The van der Waals surface area contributed by atoms with Crippen LogP contribution in [0.5, 0.6) is 0 Å². The van der Waals surface area contributed by atoms with Gasteiger partial charge in [-0.3, -0.25) is 0 Å². The zero-order valence-electron chi connectivity index (χ0n) is 7.13. The molecule has 1 heterocycles. The van der Waals surface area contributed by atoms with Crippen molar-refractivity contribution in [2.45, 2.75) is 19.4 Å². The summed E-state index contributed by atoms with van der Waals surface area (Å²) in [6, 6.07) is 0. The van der Waals surface area contributed by atoms with Crippen LogP contribution in [0, 0.1) is 5.92 Å². The first-order chi connectivity index (χ1) is 4.74. The van der Waals surface area contributed by atoms with Crippen LogP contribution in [0.25, 0.3) is 0 Å². The molecule has 0 spiro atoms. The van der Waals surface area contributed by atoms with Gasteiger partial charge < -0.3 is 9.64 Å². The van der Waals surface area contributed by atoms with Crippen molar-refractivity contribution >= 4 is 0 Å². The molecule has 1 unspecified atom stereocenters. The second kappa shape index (κ2) is 3.35. The summed E-state index contributed by atoms with van der Waals surface area (Å²) in [5.74, 6) is 0.737. The minimum Gasteiger partial charge on any atom is -0.380 e. The van der Waals surface area contributed by atoms with Crippen LogP contribution in [0.4, 0.5) is 0 Å². The van der Waals surface area contributed by atoms with Gasteiger partial charge >= 0.3 is 0 Å². The summed E-state index contributed by atoms with van der Waals surface area (Å²) in [7, 11) is 3.96. The predicted molar refractivity (Wildman–Crippen MR) is 42.1 cm³/mol. The van der Waals surface area contributed by atoms with Gasteiger partial charge in [0.25, 0.3) is 0 Å². The lowest BCUT2D eigenvalue weighted by Crippen LogP contribution is -2.41. The predicted octanol–water partition coefficient (Wildman–Crippen LogP) is 0.973. The van der Waals surface area contributed by atoms with Crippen LogP contribution in [0.3, 0.4) is 0 Å². The molecule has 0 aliphatic carbocycles. The normalized spacial score (nSPS) is 36.3. The number of nitrogens with zero attached hydrogens (tertiary/aromatic N) is 1. The summed E-state index contributed by atoms with van der Waals surface area (Å²) < 4.78 is 5.33. The van der Waals surface area contributed by atoms with Crippen LogP contribution >= 0.6 is 0 Å². The molecule has 0 aromatic rings. The summed E-state index contributed by atoms with van der Waals surface area (Å²) >= 11 is 0. The number of methoxy groups -OCH3 is 1. The molecule has 0 bridgehead atoms. The van der Waals surface area contributed by atoms with Crippen molar-refractivity contribution in [3.8, 4) is 0 Å².